The molecule has 0 fully saturated rings. The minimum absolute atomic E-state index is 0.287. The quantitative estimate of drug-likeness (QED) is 0.500. The molecule has 1 aromatic carbocycles. The van der Waals surface area contributed by atoms with Gasteiger partial charge in [-0.1, -0.05) is 42.1 Å². The highest BCUT2D eigenvalue weighted by atomic mass is 32.2. The average Bonchev–Trinajstić information content (AvgIpc) is 3.04. The van der Waals surface area contributed by atoms with Gasteiger partial charge in [0, 0.05) is 18.0 Å². The number of thioether (sulfide) groups is 1. The first kappa shape index (κ1) is 17.2. The van der Waals surface area contributed by atoms with Crippen molar-refractivity contribution in [1.82, 2.24) is 19.7 Å². The van der Waals surface area contributed by atoms with Crippen molar-refractivity contribution < 1.29 is 9.53 Å². The van der Waals surface area contributed by atoms with E-state index >= 15 is 0 Å². The third-order valence-corrected chi connectivity index (χ3v) is 4.71. The normalized spacial score (nSPS) is 11.9. The predicted molar refractivity (Wildman–Crippen MR) is 96.1 cm³/mol. The molecule has 0 amide bonds. The van der Waals surface area contributed by atoms with Gasteiger partial charge in [-0.2, -0.15) is 0 Å². The highest BCUT2D eigenvalue weighted by molar-refractivity contribution is 8.00. The van der Waals surface area contributed by atoms with Crippen LogP contribution in [-0.4, -0.2) is 38.1 Å². The molecule has 6 nitrogen and oxygen atoms in total. The van der Waals surface area contributed by atoms with Crippen molar-refractivity contribution in [3.05, 3.63) is 60.4 Å². The summed E-state index contributed by atoms with van der Waals surface area (Å²) in [7, 11) is 1.39. The van der Waals surface area contributed by atoms with Gasteiger partial charge in [-0.3, -0.25) is 14.3 Å². The maximum Gasteiger partial charge on any atom is 0.318 e. The number of carbonyl (C=O) groups is 1. The molecule has 0 aliphatic heterocycles. The van der Waals surface area contributed by atoms with Gasteiger partial charge in [0.05, 0.1) is 13.7 Å². The van der Waals surface area contributed by atoms with Crippen molar-refractivity contribution >= 4 is 17.7 Å². The Balaban J connectivity index is 1.97. The van der Waals surface area contributed by atoms with Gasteiger partial charge in [0.15, 0.2) is 11.0 Å². The van der Waals surface area contributed by atoms with E-state index in [2.05, 4.69) is 27.3 Å². The number of hydrogen-bond acceptors (Lipinski definition) is 6. The molecular formula is C18H18N4O2S. The van der Waals surface area contributed by atoms with Crippen molar-refractivity contribution in [2.45, 2.75) is 23.9 Å². The van der Waals surface area contributed by atoms with Gasteiger partial charge >= 0.3 is 5.97 Å². The Bertz CT molecular complexity index is 837. The Morgan fingerprint density at radius 2 is 1.88 bits per heavy atom. The molecule has 0 aliphatic carbocycles. The number of ether oxygens (including phenoxy) is 1. The maximum absolute atomic E-state index is 11.8. The van der Waals surface area contributed by atoms with Crippen molar-refractivity contribution in [2.24, 2.45) is 0 Å². The molecule has 0 unspecified atom stereocenters. The molecular weight excluding hydrogens is 336 g/mol. The van der Waals surface area contributed by atoms with Gasteiger partial charge < -0.3 is 4.74 Å². The molecule has 25 heavy (non-hydrogen) atoms. The minimum Gasteiger partial charge on any atom is -0.468 e. The maximum atomic E-state index is 11.8. The van der Waals surface area contributed by atoms with Crippen LogP contribution >= 0.6 is 11.8 Å². The lowest BCUT2D eigenvalue weighted by Gasteiger charge is -2.12. The Labute approximate surface area is 150 Å². The zero-order valence-electron chi connectivity index (χ0n) is 14.0. The van der Waals surface area contributed by atoms with Gasteiger partial charge in [0.1, 0.15) is 5.25 Å². The lowest BCUT2D eigenvalue weighted by atomic mass is 10.2. The summed E-state index contributed by atoms with van der Waals surface area (Å²) in [6.45, 7) is 2.41. The van der Waals surface area contributed by atoms with Crippen LogP contribution in [0.25, 0.3) is 11.4 Å². The monoisotopic (exact) mass is 354 g/mol. The second-order valence-electron chi connectivity index (χ2n) is 5.40. The highest BCUT2D eigenvalue weighted by Gasteiger charge is 2.21. The molecule has 0 saturated heterocycles. The SMILES string of the molecule is COC(=O)[C@@H](C)Sc1nnc(-c2ccncc2)n1Cc1ccccc1. The summed E-state index contributed by atoms with van der Waals surface area (Å²) in [4.78, 5) is 15.8. The fraction of sp³-hybridized carbons (Fsp3) is 0.222. The summed E-state index contributed by atoms with van der Waals surface area (Å²) in [5.74, 6) is 0.454. The first-order valence-electron chi connectivity index (χ1n) is 7.81. The second kappa shape index (κ2) is 7.94. The van der Waals surface area contributed by atoms with Crippen molar-refractivity contribution in [3.8, 4) is 11.4 Å². The standard InChI is InChI=1S/C18H18N4O2S/c1-13(17(23)24-2)25-18-21-20-16(15-8-10-19-11-9-15)22(18)12-14-6-4-3-5-7-14/h3-11,13H,12H2,1-2H3/t13-/m1/s1. The van der Waals surface area contributed by atoms with Crippen molar-refractivity contribution in [2.75, 3.05) is 7.11 Å². The number of pyridine rings is 1. The third-order valence-electron chi connectivity index (χ3n) is 3.65. The summed E-state index contributed by atoms with van der Waals surface area (Å²) in [5.41, 5.74) is 2.06. The van der Waals surface area contributed by atoms with Crippen LogP contribution in [0.15, 0.2) is 60.0 Å². The van der Waals surface area contributed by atoms with E-state index in [1.165, 1.54) is 18.9 Å². The van der Waals surface area contributed by atoms with E-state index in [0.717, 1.165) is 17.0 Å². The molecule has 0 radical (unpaired) electrons. The molecule has 0 aliphatic rings. The van der Waals surface area contributed by atoms with Crippen LogP contribution in [0.2, 0.25) is 0 Å². The first-order valence-corrected chi connectivity index (χ1v) is 8.69. The zero-order chi connectivity index (χ0) is 17.6. The molecule has 0 N–H and O–H groups in total. The fourth-order valence-corrected chi connectivity index (χ4v) is 3.25. The summed E-state index contributed by atoms with van der Waals surface area (Å²) in [6.07, 6.45) is 3.45. The molecule has 3 rings (SSSR count). The summed E-state index contributed by atoms with van der Waals surface area (Å²) >= 11 is 1.34. The smallest absolute Gasteiger partial charge is 0.318 e. The van der Waals surface area contributed by atoms with Crippen LogP contribution in [-0.2, 0) is 16.1 Å². The number of benzene rings is 1. The van der Waals surface area contributed by atoms with Gasteiger partial charge in [0.25, 0.3) is 0 Å². The van der Waals surface area contributed by atoms with Crippen molar-refractivity contribution in [3.63, 3.8) is 0 Å². The fourth-order valence-electron chi connectivity index (χ4n) is 2.37. The number of esters is 1. The van der Waals surface area contributed by atoms with Crippen LogP contribution < -0.4 is 0 Å². The Morgan fingerprint density at radius 1 is 1.16 bits per heavy atom. The molecule has 1 atom stereocenters. The first-order chi connectivity index (χ1) is 12.2. The van der Waals surface area contributed by atoms with E-state index in [0.29, 0.717) is 11.7 Å². The van der Waals surface area contributed by atoms with Crippen LogP contribution in [0.4, 0.5) is 0 Å². The second-order valence-corrected chi connectivity index (χ2v) is 6.71. The molecule has 128 valence electrons. The largest absolute Gasteiger partial charge is 0.468 e. The van der Waals surface area contributed by atoms with Crippen LogP contribution in [0.1, 0.15) is 12.5 Å². The Kier molecular flexibility index (Phi) is 5.45. The molecule has 0 saturated carbocycles. The summed E-state index contributed by atoms with van der Waals surface area (Å²) in [6, 6.07) is 13.9. The summed E-state index contributed by atoms with van der Waals surface area (Å²) < 4.78 is 6.82. The van der Waals surface area contributed by atoms with E-state index < -0.39 is 0 Å². The van der Waals surface area contributed by atoms with E-state index in [1.807, 2.05) is 34.9 Å². The predicted octanol–water partition coefficient (Wildman–Crippen LogP) is 3.04. The number of hydrogen-bond donors (Lipinski definition) is 0. The van der Waals surface area contributed by atoms with E-state index in [4.69, 9.17) is 4.74 Å². The molecule has 2 aromatic heterocycles. The highest BCUT2D eigenvalue weighted by Crippen LogP contribution is 2.27. The number of rotatable bonds is 6. The van der Waals surface area contributed by atoms with E-state index in [9.17, 15) is 4.79 Å². The van der Waals surface area contributed by atoms with Gasteiger partial charge in [-0.25, -0.2) is 0 Å². The molecule has 0 bridgehead atoms. The number of carbonyl (C=O) groups excluding carboxylic acids is 1. The lowest BCUT2D eigenvalue weighted by molar-refractivity contribution is -0.139. The van der Waals surface area contributed by atoms with Gasteiger partial charge in [-0.05, 0) is 24.6 Å². The molecule has 2 heterocycles. The Morgan fingerprint density at radius 3 is 2.56 bits per heavy atom. The van der Waals surface area contributed by atoms with E-state index in [1.54, 1.807) is 19.3 Å². The summed E-state index contributed by atoms with van der Waals surface area (Å²) in [5, 5.41) is 8.93. The average molecular weight is 354 g/mol. The number of methoxy groups -OCH3 is 1. The van der Waals surface area contributed by atoms with Crippen molar-refractivity contribution in [1.29, 1.82) is 0 Å². The van der Waals surface area contributed by atoms with E-state index in [-0.39, 0.29) is 11.2 Å². The third kappa shape index (κ3) is 4.06. The lowest BCUT2D eigenvalue weighted by Crippen LogP contribution is -2.16. The Hall–Kier alpha value is -2.67. The number of aromatic nitrogens is 4. The molecule has 0 spiro atoms. The number of nitrogens with zero attached hydrogens (tertiary/aromatic N) is 4. The molecule has 3 aromatic rings. The van der Waals surface area contributed by atoms with Gasteiger partial charge in [-0.15, -0.1) is 10.2 Å². The zero-order valence-corrected chi connectivity index (χ0v) is 14.8. The van der Waals surface area contributed by atoms with Crippen LogP contribution in [0.5, 0.6) is 0 Å². The minimum atomic E-state index is -0.367. The molecule has 7 heteroatoms. The van der Waals surface area contributed by atoms with Crippen LogP contribution in [0, 0.1) is 0 Å². The van der Waals surface area contributed by atoms with Gasteiger partial charge in [0.2, 0.25) is 0 Å². The topological polar surface area (TPSA) is 69.9 Å². The van der Waals surface area contributed by atoms with Crippen LogP contribution in [0.3, 0.4) is 0 Å².